The summed E-state index contributed by atoms with van der Waals surface area (Å²) in [5.74, 6) is -0.0500. The minimum absolute atomic E-state index is 0.00795. The van der Waals surface area contributed by atoms with Crippen molar-refractivity contribution in [2.75, 3.05) is 33.9 Å². The van der Waals surface area contributed by atoms with Gasteiger partial charge in [0.2, 0.25) is 5.91 Å². The van der Waals surface area contributed by atoms with Crippen molar-refractivity contribution in [2.45, 2.75) is 25.4 Å². The molecule has 0 bridgehead atoms. The Kier molecular flexibility index (Phi) is 7.01. The number of rotatable bonds is 6. The van der Waals surface area contributed by atoms with Crippen molar-refractivity contribution < 1.29 is 14.3 Å². The van der Waals surface area contributed by atoms with Gasteiger partial charge in [0.15, 0.2) is 0 Å². The van der Waals surface area contributed by atoms with E-state index in [0.717, 1.165) is 29.5 Å². The van der Waals surface area contributed by atoms with Crippen LogP contribution in [0.2, 0.25) is 0 Å². The third kappa shape index (κ3) is 5.22. The number of carbonyl (C=O) groups excluding carboxylic acids is 2. The highest BCUT2D eigenvalue weighted by Gasteiger charge is 2.23. The molecule has 0 unspecified atom stereocenters. The summed E-state index contributed by atoms with van der Waals surface area (Å²) in [5.41, 5.74) is 9.23. The average Bonchev–Trinajstić information content (AvgIpc) is 2.78. The maximum absolute atomic E-state index is 12.8. The molecule has 1 heterocycles. The lowest BCUT2D eigenvalue weighted by Gasteiger charge is -2.31. The molecule has 154 valence electrons. The summed E-state index contributed by atoms with van der Waals surface area (Å²) in [7, 11) is 3.62. The summed E-state index contributed by atoms with van der Waals surface area (Å²) in [6.45, 7) is 1.94. The van der Waals surface area contributed by atoms with Gasteiger partial charge in [-0.1, -0.05) is 30.3 Å². The van der Waals surface area contributed by atoms with Gasteiger partial charge in [-0.3, -0.25) is 9.59 Å². The predicted octanol–water partition coefficient (Wildman–Crippen LogP) is 2.52. The topological polar surface area (TPSA) is 75.9 Å². The number of benzene rings is 2. The van der Waals surface area contributed by atoms with Crippen LogP contribution < -0.4 is 5.73 Å². The quantitative estimate of drug-likeness (QED) is 0.816. The first kappa shape index (κ1) is 21.0. The van der Waals surface area contributed by atoms with Gasteiger partial charge in [-0.25, -0.2) is 0 Å². The molecule has 2 N–H and O–H groups in total. The second kappa shape index (κ2) is 9.67. The Hall–Kier alpha value is -2.70. The van der Waals surface area contributed by atoms with Gasteiger partial charge in [0, 0.05) is 45.5 Å². The Bertz CT molecular complexity index is 845. The third-order valence-electron chi connectivity index (χ3n) is 5.47. The molecule has 0 radical (unpaired) electrons. The molecule has 6 heteroatoms. The Morgan fingerprint density at radius 2 is 1.72 bits per heavy atom. The Labute approximate surface area is 172 Å². The van der Waals surface area contributed by atoms with Gasteiger partial charge in [-0.2, -0.15) is 0 Å². The molecule has 2 amide bonds. The molecule has 0 spiro atoms. The molecular formula is C23H29N3O3. The lowest BCUT2D eigenvalue weighted by molar-refractivity contribution is -0.128. The molecule has 3 rings (SSSR count). The number of nitrogens with zero attached hydrogens (tertiary/aromatic N) is 2. The average molecular weight is 396 g/mol. The summed E-state index contributed by atoms with van der Waals surface area (Å²) in [6, 6.07) is 16.0. The lowest BCUT2D eigenvalue weighted by atomic mass is 10.0. The molecule has 0 atom stereocenters. The van der Waals surface area contributed by atoms with Crippen LogP contribution in [0.15, 0.2) is 48.5 Å². The lowest BCUT2D eigenvalue weighted by Crippen LogP contribution is -2.40. The molecular weight excluding hydrogens is 366 g/mol. The number of likely N-dealkylation sites (N-methyl/N-ethyl adjacent to an activating group) is 1. The van der Waals surface area contributed by atoms with E-state index in [1.54, 1.807) is 11.9 Å². The molecule has 29 heavy (non-hydrogen) atoms. The number of ether oxygens (including phenoxy) is 1. The van der Waals surface area contributed by atoms with E-state index in [-0.39, 0.29) is 24.4 Å². The first-order valence-corrected chi connectivity index (χ1v) is 9.98. The largest absolute Gasteiger partial charge is 0.381 e. The Balaban J connectivity index is 1.70. The van der Waals surface area contributed by atoms with Crippen LogP contribution in [-0.2, 0) is 16.1 Å². The SMILES string of the molecule is CN(Cc1cccc(-c2ccc(C(=O)N(C)C3CCOCC3)cc2)c1)C(=O)CN. The van der Waals surface area contributed by atoms with Crippen molar-refractivity contribution in [1.29, 1.82) is 0 Å². The summed E-state index contributed by atoms with van der Waals surface area (Å²) in [6.07, 6.45) is 1.77. The number of carbonyl (C=O) groups is 2. The first-order chi connectivity index (χ1) is 14.0. The van der Waals surface area contributed by atoms with Gasteiger partial charge in [0.1, 0.15) is 0 Å². The minimum atomic E-state index is -0.0908. The van der Waals surface area contributed by atoms with Gasteiger partial charge >= 0.3 is 0 Å². The molecule has 0 aliphatic carbocycles. The minimum Gasteiger partial charge on any atom is -0.381 e. The van der Waals surface area contributed by atoms with Crippen LogP contribution in [0.4, 0.5) is 0 Å². The molecule has 1 saturated heterocycles. The van der Waals surface area contributed by atoms with Gasteiger partial charge in [0.05, 0.1) is 6.54 Å². The Morgan fingerprint density at radius 3 is 2.38 bits per heavy atom. The first-order valence-electron chi connectivity index (χ1n) is 9.98. The molecule has 0 saturated carbocycles. The molecule has 1 fully saturated rings. The normalized spacial score (nSPS) is 14.4. The zero-order valence-electron chi connectivity index (χ0n) is 17.1. The van der Waals surface area contributed by atoms with Crippen LogP contribution in [0.3, 0.4) is 0 Å². The zero-order valence-corrected chi connectivity index (χ0v) is 17.1. The summed E-state index contributed by atoms with van der Waals surface area (Å²) in [4.78, 5) is 28.0. The van der Waals surface area contributed by atoms with Crippen LogP contribution in [0.5, 0.6) is 0 Å². The van der Waals surface area contributed by atoms with E-state index in [2.05, 4.69) is 6.07 Å². The van der Waals surface area contributed by atoms with Gasteiger partial charge in [0.25, 0.3) is 5.91 Å². The van der Waals surface area contributed by atoms with Crippen molar-refractivity contribution in [1.82, 2.24) is 9.80 Å². The van der Waals surface area contributed by atoms with Crippen LogP contribution in [0.1, 0.15) is 28.8 Å². The molecule has 1 aliphatic rings. The van der Waals surface area contributed by atoms with Crippen LogP contribution in [0, 0.1) is 0 Å². The van der Waals surface area contributed by atoms with Gasteiger partial charge in [-0.15, -0.1) is 0 Å². The second-order valence-electron chi connectivity index (χ2n) is 7.49. The predicted molar refractivity (Wildman–Crippen MR) is 113 cm³/mol. The van der Waals surface area contributed by atoms with E-state index in [0.29, 0.717) is 25.3 Å². The highest BCUT2D eigenvalue weighted by atomic mass is 16.5. The molecule has 0 aromatic heterocycles. The zero-order chi connectivity index (χ0) is 20.8. The van der Waals surface area contributed by atoms with E-state index in [1.165, 1.54) is 0 Å². The molecule has 2 aromatic carbocycles. The fourth-order valence-electron chi connectivity index (χ4n) is 3.61. The second-order valence-corrected chi connectivity index (χ2v) is 7.49. The van der Waals surface area contributed by atoms with E-state index in [9.17, 15) is 9.59 Å². The smallest absolute Gasteiger partial charge is 0.253 e. The monoisotopic (exact) mass is 395 g/mol. The van der Waals surface area contributed by atoms with Crippen molar-refractivity contribution in [3.8, 4) is 11.1 Å². The highest BCUT2D eigenvalue weighted by molar-refractivity contribution is 5.94. The number of nitrogens with two attached hydrogens (primary N) is 1. The van der Waals surface area contributed by atoms with E-state index in [1.807, 2.05) is 54.4 Å². The summed E-state index contributed by atoms with van der Waals surface area (Å²) in [5, 5.41) is 0. The fraction of sp³-hybridized carbons (Fsp3) is 0.391. The highest BCUT2D eigenvalue weighted by Crippen LogP contribution is 2.23. The van der Waals surface area contributed by atoms with E-state index >= 15 is 0 Å². The number of hydrogen-bond donors (Lipinski definition) is 1. The van der Waals surface area contributed by atoms with Crippen molar-refractivity contribution in [3.63, 3.8) is 0 Å². The van der Waals surface area contributed by atoms with Crippen molar-refractivity contribution in [2.24, 2.45) is 5.73 Å². The van der Waals surface area contributed by atoms with Crippen LogP contribution in [-0.4, -0.2) is 61.5 Å². The van der Waals surface area contributed by atoms with Crippen LogP contribution in [0.25, 0.3) is 11.1 Å². The third-order valence-corrected chi connectivity index (χ3v) is 5.47. The Morgan fingerprint density at radius 1 is 1.03 bits per heavy atom. The summed E-state index contributed by atoms with van der Waals surface area (Å²) < 4.78 is 5.39. The molecule has 6 nitrogen and oxygen atoms in total. The molecule has 2 aromatic rings. The maximum Gasteiger partial charge on any atom is 0.253 e. The van der Waals surface area contributed by atoms with Crippen LogP contribution >= 0.6 is 0 Å². The number of hydrogen-bond acceptors (Lipinski definition) is 4. The van der Waals surface area contributed by atoms with E-state index < -0.39 is 0 Å². The van der Waals surface area contributed by atoms with E-state index in [4.69, 9.17) is 10.5 Å². The fourth-order valence-corrected chi connectivity index (χ4v) is 3.61. The summed E-state index contributed by atoms with van der Waals surface area (Å²) >= 11 is 0. The molecule has 1 aliphatic heterocycles. The maximum atomic E-state index is 12.8. The van der Waals surface area contributed by atoms with Gasteiger partial charge < -0.3 is 20.3 Å². The van der Waals surface area contributed by atoms with Gasteiger partial charge in [-0.05, 0) is 47.7 Å². The standard InChI is InChI=1S/C23H29N3O3/c1-25(22(27)15-24)16-17-4-3-5-20(14-17)18-6-8-19(9-7-18)23(28)26(2)21-10-12-29-13-11-21/h3-9,14,21H,10-13,15-16,24H2,1-2H3. The van der Waals surface area contributed by atoms with Crippen molar-refractivity contribution in [3.05, 3.63) is 59.7 Å². The number of amides is 2. The van der Waals surface area contributed by atoms with Crippen molar-refractivity contribution >= 4 is 11.8 Å².